The first-order chi connectivity index (χ1) is 5.20. The molecular formula is C10H18O. The van der Waals surface area contributed by atoms with Crippen molar-refractivity contribution in [1.29, 1.82) is 0 Å². The Morgan fingerprint density at radius 1 is 1.45 bits per heavy atom. The summed E-state index contributed by atoms with van der Waals surface area (Å²) < 4.78 is 0. The summed E-state index contributed by atoms with van der Waals surface area (Å²) in [5.41, 5.74) is 0. The molecule has 0 saturated heterocycles. The molecule has 1 rings (SSSR count). The second kappa shape index (κ2) is 3.89. The zero-order valence-electron chi connectivity index (χ0n) is 7.60. The van der Waals surface area contributed by atoms with Crippen molar-refractivity contribution in [3.05, 3.63) is 0 Å². The number of rotatable bonds is 2. The Kier molecular flexibility index (Phi) is 3.10. The Morgan fingerprint density at radius 3 is 2.73 bits per heavy atom. The third-order valence-electron chi connectivity index (χ3n) is 2.44. The van der Waals surface area contributed by atoms with Crippen LogP contribution in [0.2, 0.25) is 0 Å². The third kappa shape index (κ3) is 2.64. The van der Waals surface area contributed by atoms with E-state index in [1.807, 2.05) is 0 Å². The van der Waals surface area contributed by atoms with Gasteiger partial charge in [0, 0.05) is 12.3 Å². The number of carbonyl (C=O) groups excluding carboxylic acids is 1. The number of ketones is 1. The smallest absolute Gasteiger partial charge is 0.135 e. The average Bonchev–Trinajstić information content (AvgIpc) is 1.93. The zero-order valence-corrected chi connectivity index (χ0v) is 7.60. The van der Waals surface area contributed by atoms with Gasteiger partial charge in [-0.2, -0.15) is 0 Å². The van der Waals surface area contributed by atoms with Gasteiger partial charge in [-0.3, -0.25) is 4.79 Å². The van der Waals surface area contributed by atoms with Gasteiger partial charge in [-0.25, -0.2) is 0 Å². The summed E-state index contributed by atoms with van der Waals surface area (Å²) in [6.07, 6.45) is 5.50. The molecule has 0 aliphatic heterocycles. The highest BCUT2D eigenvalue weighted by molar-refractivity contribution is 5.81. The van der Waals surface area contributed by atoms with Gasteiger partial charge in [-0.05, 0) is 25.2 Å². The maximum absolute atomic E-state index is 11.3. The first kappa shape index (κ1) is 8.76. The maximum Gasteiger partial charge on any atom is 0.135 e. The van der Waals surface area contributed by atoms with E-state index >= 15 is 0 Å². The fraction of sp³-hybridized carbons (Fsp3) is 0.900. The predicted molar refractivity (Wildman–Crippen MR) is 46.4 cm³/mol. The van der Waals surface area contributed by atoms with Crippen LogP contribution >= 0.6 is 0 Å². The summed E-state index contributed by atoms with van der Waals surface area (Å²) in [5, 5.41) is 0. The number of hydrogen-bond acceptors (Lipinski definition) is 1. The van der Waals surface area contributed by atoms with E-state index < -0.39 is 0 Å². The molecule has 0 aromatic heterocycles. The Bertz CT molecular complexity index is 138. The van der Waals surface area contributed by atoms with E-state index in [9.17, 15) is 4.79 Å². The molecule has 0 radical (unpaired) electrons. The van der Waals surface area contributed by atoms with Gasteiger partial charge in [0.15, 0.2) is 0 Å². The van der Waals surface area contributed by atoms with Gasteiger partial charge in [-0.1, -0.05) is 20.3 Å². The van der Waals surface area contributed by atoms with Gasteiger partial charge in [0.1, 0.15) is 5.78 Å². The molecule has 0 N–H and O–H groups in total. The van der Waals surface area contributed by atoms with Crippen LogP contribution in [0.3, 0.4) is 0 Å². The Morgan fingerprint density at radius 2 is 2.18 bits per heavy atom. The van der Waals surface area contributed by atoms with E-state index in [0.29, 0.717) is 17.6 Å². The van der Waals surface area contributed by atoms with Crippen LogP contribution in [-0.2, 0) is 4.79 Å². The van der Waals surface area contributed by atoms with Gasteiger partial charge in [0.2, 0.25) is 0 Å². The van der Waals surface area contributed by atoms with Crippen LogP contribution in [0.1, 0.15) is 46.0 Å². The highest BCUT2D eigenvalue weighted by Gasteiger charge is 2.22. The molecule has 1 heteroatoms. The van der Waals surface area contributed by atoms with Crippen molar-refractivity contribution in [3.8, 4) is 0 Å². The molecule has 0 amide bonds. The van der Waals surface area contributed by atoms with E-state index in [4.69, 9.17) is 0 Å². The topological polar surface area (TPSA) is 17.1 Å². The second-order valence-corrected chi connectivity index (χ2v) is 4.04. The van der Waals surface area contributed by atoms with Crippen molar-refractivity contribution in [1.82, 2.24) is 0 Å². The van der Waals surface area contributed by atoms with Gasteiger partial charge < -0.3 is 0 Å². The van der Waals surface area contributed by atoms with Gasteiger partial charge in [0.25, 0.3) is 0 Å². The average molecular weight is 154 g/mol. The van der Waals surface area contributed by atoms with E-state index in [-0.39, 0.29) is 0 Å². The van der Waals surface area contributed by atoms with Crippen LogP contribution in [0.5, 0.6) is 0 Å². The number of hydrogen-bond donors (Lipinski definition) is 0. The van der Waals surface area contributed by atoms with E-state index in [2.05, 4.69) is 13.8 Å². The normalized spacial score (nSPS) is 26.1. The molecule has 1 saturated carbocycles. The van der Waals surface area contributed by atoms with E-state index in [1.54, 1.807) is 0 Å². The minimum Gasteiger partial charge on any atom is -0.299 e. The summed E-state index contributed by atoms with van der Waals surface area (Å²) >= 11 is 0. The Balaban J connectivity index is 2.36. The zero-order chi connectivity index (χ0) is 8.27. The van der Waals surface area contributed by atoms with Crippen molar-refractivity contribution in [2.24, 2.45) is 11.8 Å². The fourth-order valence-corrected chi connectivity index (χ4v) is 1.87. The molecule has 0 heterocycles. The number of Topliss-reactive ketones (excluding diaryl/α,β-unsaturated/α-hetero) is 1. The lowest BCUT2D eigenvalue weighted by atomic mass is 9.83. The first-order valence-corrected chi connectivity index (χ1v) is 4.73. The van der Waals surface area contributed by atoms with Crippen LogP contribution in [0.25, 0.3) is 0 Å². The lowest BCUT2D eigenvalue weighted by Crippen LogP contribution is -2.20. The fourth-order valence-electron chi connectivity index (χ4n) is 1.87. The molecule has 0 bridgehead atoms. The van der Waals surface area contributed by atoms with Crippen molar-refractivity contribution in [2.45, 2.75) is 46.0 Å². The molecule has 0 aromatic carbocycles. The minimum atomic E-state index is 0.406. The van der Waals surface area contributed by atoms with Crippen LogP contribution in [0.4, 0.5) is 0 Å². The van der Waals surface area contributed by atoms with Crippen molar-refractivity contribution in [3.63, 3.8) is 0 Å². The molecule has 1 atom stereocenters. The summed E-state index contributed by atoms with van der Waals surface area (Å²) in [5.74, 6) is 1.61. The molecule has 0 aromatic rings. The Labute approximate surface area is 69.2 Å². The molecule has 11 heavy (non-hydrogen) atoms. The summed E-state index contributed by atoms with van der Waals surface area (Å²) in [6, 6.07) is 0. The molecule has 0 unspecified atom stereocenters. The maximum atomic E-state index is 11.3. The molecule has 0 spiro atoms. The lowest BCUT2D eigenvalue weighted by Gasteiger charge is -2.21. The monoisotopic (exact) mass is 154 g/mol. The third-order valence-corrected chi connectivity index (χ3v) is 2.44. The lowest BCUT2D eigenvalue weighted by molar-refractivity contribution is -0.125. The molecule has 1 aliphatic carbocycles. The van der Waals surface area contributed by atoms with E-state index in [0.717, 1.165) is 25.7 Å². The van der Waals surface area contributed by atoms with Crippen LogP contribution in [-0.4, -0.2) is 5.78 Å². The minimum absolute atomic E-state index is 0.406. The molecule has 1 aliphatic rings. The highest BCUT2D eigenvalue weighted by Crippen LogP contribution is 2.25. The van der Waals surface area contributed by atoms with Crippen molar-refractivity contribution in [2.75, 3.05) is 0 Å². The van der Waals surface area contributed by atoms with Crippen molar-refractivity contribution < 1.29 is 4.79 Å². The van der Waals surface area contributed by atoms with E-state index in [1.165, 1.54) is 6.42 Å². The molecule has 64 valence electrons. The quantitative estimate of drug-likeness (QED) is 0.597. The standard InChI is InChI=1S/C10H18O/c1-8(2)7-9-5-3-4-6-10(9)11/h8-9H,3-7H2,1-2H3/t9-/m0/s1. The summed E-state index contributed by atoms with van der Waals surface area (Å²) in [6.45, 7) is 4.39. The van der Waals surface area contributed by atoms with Crippen LogP contribution in [0.15, 0.2) is 0 Å². The largest absolute Gasteiger partial charge is 0.299 e. The van der Waals surface area contributed by atoms with Crippen molar-refractivity contribution >= 4 is 5.78 Å². The summed E-state index contributed by atoms with van der Waals surface area (Å²) in [4.78, 5) is 11.3. The SMILES string of the molecule is CC(C)C[C@@H]1CCCCC1=O. The summed E-state index contributed by atoms with van der Waals surface area (Å²) in [7, 11) is 0. The first-order valence-electron chi connectivity index (χ1n) is 4.73. The van der Waals surface area contributed by atoms with Crippen LogP contribution in [0, 0.1) is 11.8 Å². The van der Waals surface area contributed by atoms with Gasteiger partial charge in [0.05, 0.1) is 0 Å². The van der Waals surface area contributed by atoms with Crippen LogP contribution < -0.4 is 0 Å². The molecule has 1 fully saturated rings. The Hall–Kier alpha value is -0.330. The molecular weight excluding hydrogens is 136 g/mol. The highest BCUT2D eigenvalue weighted by atomic mass is 16.1. The predicted octanol–water partition coefficient (Wildman–Crippen LogP) is 2.79. The molecule has 1 nitrogen and oxygen atoms in total. The van der Waals surface area contributed by atoms with Gasteiger partial charge >= 0.3 is 0 Å². The van der Waals surface area contributed by atoms with Gasteiger partial charge in [-0.15, -0.1) is 0 Å². The number of carbonyl (C=O) groups is 1. The second-order valence-electron chi connectivity index (χ2n) is 4.04.